The summed E-state index contributed by atoms with van der Waals surface area (Å²) in [5, 5.41) is 28.0. The standard InChI is InChI=1S/C8H6FNO5/c9-4-1-2-6(10(14)15)5(3-4)7(11)8(12)13/h1-3,7,11H,(H,12,13). The highest BCUT2D eigenvalue weighted by Crippen LogP contribution is 2.25. The van der Waals surface area contributed by atoms with Crippen LogP contribution in [0.3, 0.4) is 0 Å². The number of nitrogens with zero attached hydrogens (tertiary/aromatic N) is 1. The number of nitro groups is 1. The van der Waals surface area contributed by atoms with Gasteiger partial charge in [-0.05, 0) is 12.1 Å². The number of benzene rings is 1. The summed E-state index contributed by atoms with van der Waals surface area (Å²) in [7, 11) is 0. The molecule has 1 unspecified atom stereocenters. The topological polar surface area (TPSA) is 101 Å². The van der Waals surface area contributed by atoms with Crippen LogP contribution in [0.15, 0.2) is 18.2 Å². The number of rotatable bonds is 3. The van der Waals surface area contributed by atoms with Crippen molar-refractivity contribution in [3.8, 4) is 0 Å². The zero-order chi connectivity index (χ0) is 11.6. The molecule has 0 aliphatic rings. The molecule has 0 fully saturated rings. The quantitative estimate of drug-likeness (QED) is 0.575. The molecule has 1 rings (SSSR count). The van der Waals surface area contributed by atoms with Gasteiger partial charge in [0.15, 0.2) is 6.10 Å². The van der Waals surface area contributed by atoms with E-state index in [2.05, 4.69) is 0 Å². The van der Waals surface area contributed by atoms with Gasteiger partial charge in [-0.25, -0.2) is 9.18 Å². The Bertz CT molecular complexity index is 419. The number of nitro benzene ring substituents is 1. The van der Waals surface area contributed by atoms with E-state index in [1.807, 2.05) is 0 Å². The summed E-state index contributed by atoms with van der Waals surface area (Å²) in [5.41, 5.74) is -1.21. The lowest BCUT2D eigenvalue weighted by atomic mass is 10.1. The van der Waals surface area contributed by atoms with Gasteiger partial charge in [0.25, 0.3) is 5.69 Å². The Morgan fingerprint density at radius 2 is 2.13 bits per heavy atom. The molecule has 15 heavy (non-hydrogen) atoms. The van der Waals surface area contributed by atoms with Crippen molar-refractivity contribution in [2.75, 3.05) is 0 Å². The van der Waals surface area contributed by atoms with E-state index >= 15 is 0 Å². The minimum absolute atomic E-state index is 0.576. The lowest BCUT2D eigenvalue weighted by molar-refractivity contribution is -0.386. The fourth-order valence-corrected chi connectivity index (χ4v) is 1.04. The first-order valence-electron chi connectivity index (χ1n) is 3.78. The monoisotopic (exact) mass is 215 g/mol. The predicted octanol–water partition coefficient (Wildman–Crippen LogP) is 0.852. The lowest BCUT2D eigenvalue weighted by Crippen LogP contribution is -2.12. The molecule has 6 nitrogen and oxygen atoms in total. The van der Waals surface area contributed by atoms with Crippen molar-refractivity contribution in [3.05, 3.63) is 39.7 Å². The van der Waals surface area contributed by atoms with Crippen LogP contribution in [0.1, 0.15) is 11.7 Å². The molecule has 7 heteroatoms. The van der Waals surface area contributed by atoms with Crippen LogP contribution < -0.4 is 0 Å². The summed E-state index contributed by atoms with van der Waals surface area (Å²) < 4.78 is 12.7. The van der Waals surface area contributed by atoms with E-state index in [1.54, 1.807) is 0 Å². The summed E-state index contributed by atoms with van der Waals surface area (Å²) in [4.78, 5) is 19.9. The van der Waals surface area contributed by atoms with Crippen LogP contribution in [0.4, 0.5) is 10.1 Å². The van der Waals surface area contributed by atoms with Crippen molar-refractivity contribution in [2.45, 2.75) is 6.10 Å². The van der Waals surface area contributed by atoms with Crippen LogP contribution in [0.2, 0.25) is 0 Å². The molecule has 1 atom stereocenters. The summed E-state index contributed by atoms with van der Waals surface area (Å²) in [6, 6.07) is 2.24. The summed E-state index contributed by atoms with van der Waals surface area (Å²) in [6.45, 7) is 0. The van der Waals surface area contributed by atoms with Gasteiger partial charge in [0.2, 0.25) is 0 Å². The molecule has 0 heterocycles. The van der Waals surface area contributed by atoms with E-state index in [0.29, 0.717) is 6.07 Å². The first-order chi connectivity index (χ1) is 6.93. The highest BCUT2D eigenvalue weighted by Gasteiger charge is 2.26. The Balaban J connectivity index is 3.30. The molecule has 0 saturated carbocycles. The first-order valence-corrected chi connectivity index (χ1v) is 3.78. The molecule has 80 valence electrons. The Morgan fingerprint density at radius 1 is 1.53 bits per heavy atom. The number of aliphatic hydroxyl groups excluding tert-OH is 1. The predicted molar refractivity (Wildman–Crippen MR) is 45.7 cm³/mol. The Hall–Kier alpha value is -2.02. The number of aliphatic carboxylic acids is 1. The normalized spacial score (nSPS) is 12.1. The van der Waals surface area contributed by atoms with Crippen molar-refractivity contribution in [1.29, 1.82) is 0 Å². The van der Waals surface area contributed by atoms with Crippen LogP contribution in [-0.4, -0.2) is 21.1 Å². The molecule has 0 saturated heterocycles. The third-order valence-electron chi connectivity index (χ3n) is 1.71. The average Bonchev–Trinajstić information content (AvgIpc) is 2.15. The molecule has 0 bridgehead atoms. The van der Waals surface area contributed by atoms with Crippen LogP contribution in [-0.2, 0) is 4.79 Å². The Morgan fingerprint density at radius 3 is 2.60 bits per heavy atom. The average molecular weight is 215 g/mol. The highest BCUT2D eigenvalue weighted by molar-refractivity contribution is 5.75. The van der Waals surface area contributed by atoms with E-state index in [0.717, 1.165) is 12.1 Å². The number of carboxylic acid groups (broad SMARTS) is 1. The minimum Gasteiger partial charge on any atom is -0.479 e. The fourth-order valence-electron chi connectivity index (χ4n) is 1.04. The van der Waals surface area contributed by atoms with Gasteiger partial charge in [0.1, 0.15) is 5.82 Å². The van der Waals surface area contributed by atoms with Crippen LogP contribution in [0.25, 0.3) is 0 Å². The van der Waals surface area contributed by atoms with Crippen molar-refractivity contribution >= 4 is 11.7 Å². The van der Waals surface area contributed by atoms with E-state index in [4.69, 9.17) is 10.2 Å². The van der Waals surface area contributed by atoms with Crippen molar-refractivity contribution < 1.29 is 24.3 Å². The van der Waals surface area contributed by atoms with E-state index in [1.165, 1.54) is 0 Å². The molecule has 0 radical (unpaired) electrons. The van der Waals surface area contributed by atoms with Gasteiger partial charge in [-0.1, -0.05) is 0 Å². The minimum atomic E-state index is -2.11. The smallest absolute Gasteiger partial charge is 0.337 e. The van der Waals surface area contributed by atoms with Gasteiger partial charge in [-0.15, -0.1) is 0 Å². The molecular formula is C8H6FNO5. The summed E-state index contributed by atoms with van der Waals surface area (Å²) in [5.74, 6) is -2.53. The van der Waals surface area contributed by atoms with Gasteiger partial charge in [-0.3, -0.25) is 10.1 Å². The number of halogens is 1. The second-order valence-corrected chi connectivity index (χ2v) is 2.70. The molecule has 0 aromatic heterocycles. The zero-order valence-corrected chi connectivity index (χ0v) is 7.25. The maximum atomic E-state index is 12.7. The largest absolute Gasteiger partial charge is 0.479 e. The Kier molecular flexibility index (Phi) is 2.96. The molecular weight excluding hydrogens is 209 g/mol. The van der Waals surface area contributed by atoms with Crippen molar-refractivity contribution in [2.24, 2.45) is 0 Å². The van der Waals surface area contributed by atoms with Crippen LogP contribution in [0.5, 0.6) is 0 Å². The number of hydrogen-bond donors (Lipinski definition) is 2. The SMILES string of the molecule is O=C(O)C(O)c1cc(F)ccc1[N+](=O)[O-]. The molecule has 0 aliphatic carbocycles. The van der Waals surface area contributed by atoms with Gasteiger partial charge in [0, 0.05) is 6.07 Å². The highest BCUT2D eigenvalue weighted by atomic mass is 19.1. The first kappa shape index (κ1) is 11.1. The third-order valence-corrected chi connectivity index (χ3v) is 1.71. The number of hydrogen-bond acceptors (Lipinski definition) is 4. The maximum absolute atomic E-state index is 12.7. The maximum Gasteiger partial charge on any atom is 0.337 e. The van der Waals surface area contributed by atoms with Gasteiger partial charge in [0.05, 0.1) is 10.5 Å². The van der Waals surface area contributed by atoms with Crippen LogP contribution in [0, 0.1) is 15.9 Å². The van der Waals surface area contributed by atoms with Crippen molar-refractivity contribution in [1.82, 2.24) is 0 Å². The summed E-state index contributed by atoms with van der Waals surface area (Å²) in [6.07, 6.45) is -2.11. The van der Waals surface area contributed by atoms with Gasteiger partial charge < -0.3 is 10.2 Å². The molecule has 0 spiro atoms. The van der Waals surface area contributed by atoms with E-state index in [9.17, 15) is 19.3 Å². The lowest BCUT2D eigenvalue weighted by Gasteiger charge is -2.06. The van der Waals surface area contributed by atoms with Crippen LogP contribution >= 0.6 is 0 Å². The van der Waals surface area contributed by atoms with Gasteiger partial charge >= 0.3 is 5.97 Å². The van der Waals surface area contributed by atoms with E-state index in [-0.39, 0.29) is 0 Å². The Labute approximate surface area is 82.7 Å². The molecule has 1 aromatic rings. The number of carbonyl (C=O) groups is 1. The van der Waals surface area contributed by atoms with Crippen molar-refractivity contribution in [3.63, 3.8) is 0 Å². The molecule has 1 aromatic carbocycles. The van der Waals surface area contributed by atoms with E-state index < -0.39 is 34.1 Å². The molecule has 0 amide bonds. The second-order valence-electron chi connectivity index (χ2n) is 2.70. The number of carboxylic acids is 1. The molecule has 2 N–H and O–H groups in total. The zero-order valence-electron chi connectivity index (χ0n) is 7.25. The summed E-state index contributed by atoms with van der Waals surface area (Å²) >= 11 is 0. The second kappa shape index (κ2) is 4.01. The third kappa shape index (κ3) is 2.26. The fraction of sp³-hybridized carbons (Fsp3) is 0.125. The van der Waals surface area contributed by atoms with Gasteiger partial charge in [-0.2, -0.15) is 0 Å². The number of aliphatic hydroxyl groups is 1. The molecule has 0 aliphatic heterocycles.